The van der Waals surface area contributed by atoms with E-state index in [4.69, 9.17) is 4.74 Å². The van der Waals surface area contributed by atoms with Gasteiger partial charge in [-0.15, -0.1) is 0 Å². The van der Waals surface area contributed by atoms with Crippen molar-refractivity contribution in [3.63, 3.8) is 0 Å². The van der Waals surface area contributed by atoms with Crippen LogP contribution in [0.25, 0.3) is 0 Å². The first-order valence-corrected chi connectivity index (χ1v) is 7.47. The average Bonchev–Trinajstić information content (AvgIpc) is 2.96. The van der Waals surface area contributed by atoms with Gasteiger partial charge in [0, 0.05) is 24.9 Å². The molecule has 0 fully saturated rings. The summed E-state index contributed by atoms with van der Waals surface area (Å²) < 4.78 is 6.16. The minimum absolute atomic E-state index is 0.0776. The number of rotatable bonds is 8. The van der Waals surface area contributed by atoms with Crippen LogP contribution in [0.1, 0.15) is 29.3 Å². The second-order valence-electron chi connectivity index (χ2n) is 5.66. The minimum atomic E-state index is 0.0776. The molecular weight excluding hydrogens is 262 g/mol. The number of nitrogens with zero attached hydrogens (tertiary/aromatic N) is 2. The number of hydrogen-bond donors (Lipinski definition) is 1. The van der Waals surface area contributed by atoms with E-state index < -0.39 is 0 Å². The van der Waals surface area contributed by atoms with Crippen molar-refractivity contribution in [2.45, 2.75) is 25.9 Å². The van der Waals surface area contributed by atoms with Crippen LogP contribution in [0.2, 0.25) is 0 Å². The van der Waals surface area contributed by atoms with Gasteiger partial charge >= 0.3 is 0 Å². The molecule has 1 unspecified atom stereocenters. The van der Waals surface area contributed by atoms with Crippen LogP contribution in [0.15, 0.2) is 36.5 Å². The molecule has 0 bridgehead atoms. The molecule has 0 aliphatic rings. The SMILES string of the molecule is Cc1ccccc1C(Cc1ccn[nH]1)OCCCN(C)C. The smallest absolute Gasteiger partial charge is 0.0882 e. The molecule has 1 aromatic heterocycles. The zero-order valence-electron chi connectivity index (χ0n) is 13.2. The summed E-state index contributed by atoms with van der Waals surface area (Å²) in [6, 6.07) is 10.4. The van der Waals surface area contributed by atoms with Crippen molar-refractivity contribution in [2.75, 3.05) is 27.2 Å². The third-order valence-corrected chi connectivity index (χ3v) is 3.57. The van der Waals surface area contributed by atoms with Crippen LogP contribution in [-0.4, -0.2) is 42.3 Å². The highest BCUT2D eigenvalue weighted by atomic mass is 16.5. The van der Waals surface area contributed by atoms with Gasteiger partial charge in [-0.1, -0.05) is 24.3 Å². The Kier molecular flexibility index (Phi) is 5.96. The standard InChI is InChI=1S/C17H25N3O/c1-14-7-4-5-8-16(14)17(13-15-9-10-18-19-15)21-12-6-11-20(2)3/h4-5,7-10,17H,6,11-13H2,1-3H3,(H,18,19). The topological polar surface area (TPSA) is 41.1 Å². The average molecular weight is 287 g/mol. The molecule has 2 aromatic rings. The summed E-state index contributed by atoms with van der Waals surface area (Å²) in [5.41, 5.74) is 3.64. The fraction of sp³-hybridized carbons (Fsp3) is 0.471. The highest BCUT2D eigenvalue weighted by Crippen LogP contribution is 2.24. The molecule has 0 saturated carbocycles. The summed E-state index contributed by atoms with van der Waals surface area (Å²) in [6.45, 7) is 3.95. The largest absolute Gasteiger partial charge is 0.373 e. The molecule has 1 atom stereocenters. The van der Waals surface area contributed by atoms with E-state index in [9.17, 15) is 0 Å². The highest BCUT2D eigenvalue weighted by molar-refractivity contribution is 5.28. The van der Waals surface area contributed by atoms with Gasteiger partial charge in [0.15, 0.2) is 0 Å². The van der Waals surface area contributed by atoms with E-state index in [1.165, 1.54) is 11.1 Å². The molecule has 21 heavy (non-hydrogen) atoms. The monoisotopic (exact) mass is 287 g/mol. The molecule has 1 heterocycles. The molecule has 4 nitrogen and oxygen atoms in total. The van der Waals surface area contributed by atoms with Crippen LogP contribution in [0.5, 0.6) is 0 Å². The van der Waals surface area contributed by atoms with Crippen molar-refractivity contribution >= 4 is 0 Å². The van der Waals surface area contributed by atoms with E-state index in [0.717, 1.165) is 31.7 Å². The van der Waals surface area contributed by atoms with E-state index in [2.05, 4.69) is 60.4 Å². The fourth-order valence-electron chi connectivity index (χ4n) is 2.41. The summed E-state index contributed by atoms with van der Waals surface area (Å²) in [5.74, 6) is 0. The van der Waals surface area contributed by atoms with Gasteiger partial charge in [0.05, 0.1) is 6.10 Å². The Balaban J connectivity index is 2.02. The Morgan fingerprint density at radius 1 is 1.24 bits per heavy atom. The second kappa shape index (κ2) is 7.96. The molecule has 0 radical (unpaired) electrons. The Morgan fingerprint density at radius 3 is 2.71 bits per heavy atom. The van der Waals surface area contributed by atoms with Crippen molar-refractivity contribution < 1.29 is 4.74 Å². The first-order valence-electron chi connectivity index (χ1n) is 7.47. The maximum absolute atomic E-state index is 6.16. The molecule has 4 heteroatoms. The second-order valence-corrected chi connectivity index (χ2v) is 5.66. The minimum Gasteiger partial charge on any atom is -0.373 e. The van der Waals surface area contributed by atoms with Crippen LogP contribution >= 0.6 is 0 Å². The van der Waals surface area contributed by atoms with Crippen LogP contribution < -0.4 is 0 Å². The maximum atomic E-state index is 6.16. The van der Waals surface area contributed by atoms with Crippen molar-refractivity contribution in [2.24, 2.45) is 0 Å². The molecule has 1 N–H and O–H groups in total. The maximum Gasteiger partial charge on any atom is 0.0882 e. The first kappa shape index (κ1) is 15.7. The number of nitrogens with one attached hydrogen (secondary N) is 1. The van der Waals surface area contributed by atoms with Crippen LogP contribution in [0.4, 0.5) is 0 Å². The van der Waals surface area contributed by atoms with Crippen LogP contribution in [-0.2, 0) is 11.2 Å². The van der Waals surface area contributed by atoms with E-state index in [0.29, 0.717) is 0 Å². The number of H-pyrrole nitrogens is 1. The lowest BCUT2D eigenvalue weighted by atomic mass is 10.00. The molecule has 1 aromatic carbocycles. The zero-order valence-corrected chi connectivity index (χ0v) is 13.2. The molecule has 0 aliphatic heterocycles. The van der Waals surface area contributed by atoms with E-state index in [1.54, 1.807) is 6.20 Å². The third kappa shape index (κ3) is 4.99. The van der Waals surface area contributed by atoms with Crippen LogP contribution in [0.3, 0.4) is 0 Å². The van der Waals surface area contributed by atoms with Gasteiger partial charge in [-0.3, -0.25) is 5.10 Å². The number of aromatic amines is 1. The Hall–Kier alpha value is -1.65. The molecule has 2 rings (SSSR count). The molecule has 0 amide bonds. The van der Waals surface area contributed by atoms with Gasteiger partial charge in [-0.25, -0.2) is 0 Å². The Labute approximate surface area is 127 Å². The van der Waals surface area contributed by atoms with Gasteiger partial charge in [0.1, 0.15) is 0 Å². The van der Waals surface area contributed by atoms with E-state index >= 15 is 0 Å². The lowest BCUT2D eigenvalue weighted by Crippen LogP contribution is -2.17. The van der Waals surface area contributed by atoms with Gasteiger partial charge in [0.2, 0.25) is 0 Å². The molecule has 0 spiro atoms. The van der Waals surface area contributed by atoms with E-state index in [-0.39, 0.29) is 6.10 Å². The molecule has 0 aliphatic carbocycles. The normalized spacial score (nSPS) is 12.8. The Morgan fingerprint density at radius 2 is 2.05 bits per heavy atom. The quantitative estimate of drug-likeness (QED) is 0.759. The van der Waals surface area contributed by atoms with Crippen molar-refractivity contribution in [3.05, 3.63) is 53.3 Å². The summed E-state index contributed by atoms with van der Waals surface area (Å²) >= 11 is 0. The summed E-state index contributed by atoms with van der Waals surface area (Å²) in [4.78, 5) is 2.18. The highest BCUT2D eigenvalue weighted by Gasteiger charge is 2.15. The van der Waals surface area contributed by atoms with Crippen molar-refractivity contribution in [1.29, 1.82) is 0 Å². The van der Waals surface area contributed by atoms with Crippen LogP contribution in [0, 0.1) is 6.92 Å². The predicted octanol–water partition coefficient (Wildman–Crippen LogP) is 2.97. The Bertz CT molecular complexity index is 523. The number of benzene rings is 1. The van der Waals surface area contributed by atoms with Gasteiger partial charge in [0.25, 0.3) is 0 Å². The summed E-state index contributed by atoms with van der Waals surface area (Å²) in [6.07, 6.45) is 3.73. The number of ether oxygens (including phenoxy) is 1. The third-order valence-electron chi connectivity index (χ3n) is 3.57. The fourth-order valence-corrected chi connectivity index (χ4v) is 2.41. The van der Waals surface area contributed by atoms with Gasteiger partial charge in [-0.2, -0.15) is 5.10 Å². The predicted molar refractivity (Wildman–Crippen MR) is 85.3 cm³/mol. The first-order chi connectivity index (χ1) is 10.2. The number of aryl methyl sites for hydroxylation is 1. The molecule has 0 saturated heterocycles. The van der Waals surface area contributed by atoms with E-state index in [1.807, 2.05) is 6.07 Å². The molecular formula is C17H25N3O. The number of hydrogen-bond acceptors (Lipinski definition) is 3. The zero-order chi connectivity index (χ0) is 15.1. The van der Waals surface area contributed by atoms with Gasteiger partial charge in [-0.05, 0) is 51.2 Å². The van der Waals surface area contributed by atoms with Gasteiger partial charge < -0.3 is 9.64 Å². The summed E-state index contributed by atoms with van der Waals surface area (Å²) in [7, 11) is 4.17. The van der Waals surface area contributed by atoms with Crippen molar-refractivity contribution in [1.82, 2.24) is 15.1 Å². The number of aromatic nitrogens is 2. The lowest BCUT2D eigenvalue weighted by molar-refractivity contribution is 0.0472. The summed E-state index contributed by atoms with van der Waals surface area (Å²) in [5, 5.41) is 7.05. The van der Waals surface area contributed by atoms with Crippen molar-refractivity contribution in [3.8, 4) is 0 Å². The lowest BCUT2D eigenvalue weighted by Gasteiger charge is -2.20. The molecule has 114 valence electrons.